The quantitative estimate of drug-likeness (QED) is 0.914. The number of anilines is 1. The van der Waals surface area contributed by atoms with E-state index in [-0.39, 0.29) is 6.10 Å². The van der Waals surface area contributed by atoms with Gasteiger partial charge in [0.05, 0.1) is 12.2 Å². The van der Waals surface area contributed by atoms with E-state index in [1.165, 1.54) is 5.56 Å². The molecule has 0 saturated carbocycles. The average Bonchev–Trinajstić information content (AvgIpc) is 2.92. The summed E-state index contributed by atoms with van der Waals surface area (Å²) in [6.45, 7) is 4.87. The van der Waals surface area contributed by atoms with Gasteiger partial charge in [0.1, 0.15) is 11.9 Å². The van der Waals surface area contributed by atoms with Crippen LogP contribution in [0, 0.1) is 0 Å². The fourth-order valence-corrected chi connectivity index (χ4v) is 2.61. The Labute approximate surface area is 112 Å². The minimum Gasteiger partial charge on any atom is -0.488 e. The van der Waals surface area contributed by atoms with E-state index in [1.807, 2.05) is 22.9 Å². The molecule has 0 spiro atoms. The molecule has 0 bridgehead atoms. The number of rotatable bonds is 3. The summed E-state index contributed by atoms with van der Waals surface area (Å²) in [6, 6.07) is 8.15. The van der Waals surface area contributed by atoms with E-state index >= 15 is 0 Å². The fraction of sp³-hybridized carbons (Fsp3) is 0.429. The molecule has 1 aliphatic heterocycles. The Balaban J connectivity index is 1.78. The van der Waals surface area contributed by atoms with Crippen LogP contribution >= 0.6 is 0 Å². The lowest BCUT2D eigenvalue weighted by Crippen LogP contribution is -2.23. The van der Waals surface area contributed by atoms with E-state index in [4.69, 9.17) is 10.5 Å². The minimum atomic E-state index is 0.107. The van der Waals surface area contributed by atoms with Crippen molar-refractivity contribution in [1.29, 1.82) is 0 Å². The van der Waals surface area contributed by atoms with Crippen LogP contribution in [0.15, 0.2) is 24.3 Å². The Kier molecular flexibility index (Phi) is 2.89. The molecule has 2 heterocycles. The van der Waals surface area contributed by atoms with Gasteiger partial charge in [-0.2, -0.15) is 0 Å². The van der Waals surface area contributed by atoms with E-state index in [2.05, 4.69) is 30.2 Å². The average molecular weight is 258 g/mol. The highest BCUT2D eigenvalue weighted by Gasteiger charge is 2.25. The van der Waals surface area contributed by atoms with Gasteiger partial charge in [-0.05, 0) is 17.5 Å². The summed E-state index contributed by atoms with van der Waals surface area (Å²) in [7, 11) is 0. The molecule has 2 N–H and O–H groups in total. The molecular weight excluding hydrogens is 240 g/mol. The van der Waals surface area contributed by atoms with Crippen LogP contribution in [0.4, 0.5) is 5.82 Å². The number of nitrogens with two attached hydrogens (primary N) is 1. The van der Waals surface area contributed by atoms with Crippen molar-refractivity contribution in [2.75, 3.05) is 5.73 Å². The van der Waals surface area contributed by atoms with Crippen LogP contribution in [0.25, 0.3) is 0 Å². The molecule has 5 heteroatoms. The second-order valence-electron chi connectivity index (χ2n) is 5.25. The molecule has 0 amide bonds. The maximum atomic E-state index is 5.93. The lowest BCUT2D eigenvalue weighted by Gasteiger charge is -2.14. The van der Waals surface area contributed by atoms with Gasteiger partial charge in [0.2, 0.25) is 0 Å². The van der Waals surface area contributed by atoms with Crippen molar-refractivity contribution in [3.05, 3.63) is 35.5 Å². The van der Waals surface area contributed by atoms with Crippen LogP contribution in [0.3, 0.4) is 0 Å². The highest BCUT2D eigenvalue weighted by atomic mass is 16.5. The Hall–Kier alpha value is -2.04. The number of hydrogen-bond donors (Lipinski definition) is 1. The molecule has 0 fully saturated rings. The van der Waals surface area contributed by atoms with Gasteiger partial charge < -0.3 is 10.5 Å². The van der Waals surface area contributed by atoms with Gasteiger partial charge in [-0.25, -0.2) is 4.68 Å². The molecule has 1 unspecified atom stereocenters. The number of fused-ring (bicyclic) bond motifs is 1. The van der Waals surface area contributed by atoms with Crippen LogP contribution < -0.4 is 10.5 Å². The first-order valence-corrected chi connectivity index (χ1v) is 6.58. The highest BCUT2D eigenvalue weighted by Crippen LogP contribution is 2.29. The van der Waals surface area contributed by atoms with Crippen molar-refractivity contribution in [2.45, 2.75) is 38.8 Å². The largest absolute Gasteiger partial charge is 0.488 e. The third-order valence-corrected chi connectivity index (χ3v) is 3.44. The SMILES string of the molecule is CC(C)c1c(N)nnn1CC1Cc2ccccc2O1. The summed E-state index contributed by atoms with van der Waals surface area (Å²) < 4.78 is 7.80. The maximum Gasteiger partial charge on any atom is 0.169 e. The van der Waals surface area contributed by atoms with Gasteiger partial charge in [0.25, 0.3) is 0 Å². The van der Waals surface area contributed by atoms with Crippen LogP contribution in [-0.4, -0.2) is 21.1 Å². The van der Waals surface area contributed by atoms with Crippen molar-refractivity contribution in [1.82, 2.24) is 15.0 Å². The van der Waals surface area contributed by atoms with E-state index in [1.54, 1.807) is 0 Å². The molecule has 1 aliphatic rings. The number of hydrogen-bond acceptors (Lipinski definition) is 4. The Morgan fingerprint density at radius 2 is 2.21 bits per heavy atom. The molecule has 19 heavy (non-hydrogen) atoms. The summed E-state index contributed by atoms with van der Waals surface area (Å²) in [5.74, 6) is 1.80. The zero-order chi connectivity index (χ0) is 13.4. The smallest absolute Gasteiger partial charge is 0.169 e. The topological polar surface area (TPSA) is 66.0 Å². The van der Waals surface area contributed by atoms with Gasteiger partial charge in [0, 0.05) is 6.42 Å². The maximum absolute atomic E-state index is 5.93. The first-order valence-electron chi connectivity index (χ1n) is 6.58. The first kappa shape index (κ1) is 12.0. The highest BCUT2D eigenvalue weighted by molar-refractivity contribution is 5.38. The van der Waals surface area contributed by atoms with Gasteiger partial charge in [-0.15, -0.1) is 5.10 Å². The number of benzene rings is 1. The Bertz CT molecular complexity index is 566. The zero-order valence-corrected chi connectivity index (χ0v) is 11.2. The first-order chi connectivity index (χ1) is 9.15. The van der Waals surface area contributed by atoms with Gasteiger partial charge in [0.15, 0.2) is 5.82 Å². The van der Waals surface area contributed by atoms with Crippen LogP contribution in [0.5, 0.6) is 5.75 Å². The van der Waals surface area contributed by atoms with E-state index < -0.39 is 0 Å². The lowest BCUT2D eigenvalue weighted by atomic mass is 10.1. The number of nitrogen functional groups attached to an aromatic ring is 1. The Morgan fingerprint density at radius 3 is 2.95 bits per heavy atom. The van der Waals surface area contributed by atoms with Crippen LogP contribution in [-0.2, 0) is 13.0 Å². The van der Waals surface area contributed by atoms with E-state index in [9.17, 15) is 0 Å². The Morgan fingerprint density at radius 1 is 1.42 bits per heavy atom. The second-order valence-corrected chi connectivity index (χ2v) is 5.25. The molecule has 100 valence electrons. The molecule has 1 aromatic carbocycles. The third kappa shape index (κ3) is 2.16. The summed E-state index contributed by atoms with van der Waals surface area (Å²) in [4.78, 5) is 0. The third-order valence-electron chi connectivity index (χ3n) is 3.44. The number of ether oxygens (including phenoxy) is 1. The number of aromatic nitrogens is 3. The van der Waals surface area contributed by atoms with Crippen LogP contribution in [0.2, 0.25) is 0 Å². The fourth-order valence-electron chi connectivity index (χ4n) is 2.61. The zero-order valence-electron chi connectivity index (χ0n) is 11.2. The predicted molar refractivity (Wildman–Crippen MR) is 73.1 cm³/mol. The standard InChI is InChI=1S/C14H18N4O/c1-9(2)13-14(15)16-17-18(13)8-11-7-10-5-3-4-6-12(10)19-11/h3-6,9,11H,7-8,15H2,1-2H3. The van der Waals surface area contributed by atoms with Gasteiger partial charge in [-0.3, -0.25) is 0 Å². The summed E-state index contributed by atoms with van der Waals surface area (Å²) >= 11 is 0. The van der Waals surface area contributed by atoms with Crippen molar-refractivity contribution in [3.63, 3.8) is 0 Å². The summed E-state index contributed by atoms with van der Waals surface area (Å²) in [5.41, 5.74) is 8.11. The summed E-state index contributed by atoms with van der Waals surface area (Å²) in [5, 5.41) is 8.09. The van der Waals surface area contributed by atoms with Gasteiger partial charge in [-0.1, -0.05) is 37.3 Å². The molecule has 2 aromatic rings. The molecule has 5 nitrogen and oxygen atoms in total. The van der Waals surface area contributed by atoms with E-state index in [0.29, 0.717) is 18.3 Å². The molecule has 3 rings (SSSR count). The monoisotopic (exact) mass is 258 g/mol. The van der Waals surface area contributed by atoms with Gasteiger partial charge >= 0.3 is 0 Å². The lowest BCUT2D eigenvalue weighted by molar-refractivity contribution is 0.200. The predicted octanol–water partition coefficient (Wildman–Crippen LogP) is 1.99. The van der Waals surface area contributed by atoms with Crippen molar-refractivity contribution >= 4 is 5.82 Å². The second kappa shape index (κ2) is 4.57. The molecule has 0 radical (unpaired) electrons. The molecule has 1 atom stereocenters. The van der Waals surface area contributed by atoms with Crippen molar-refractivity contribution in [3.8, 4) is 5.75 Å². The number of nitrogens with zero attached hydrogens (tertiary/aromatic N) is 3. The van der Waals surface area contributed by atoms with Crippen molar-refractivity contribution < 1.29 is 4.74 Å². The minimum absolute atomic E-state index is 0.107. The van der Waals surface area contributed by atoms with Crippen LogP contribution in [0.1, 0.15) is 31.0 Å². The summed E-state index contributed by atoms with van der Waals surface area (Å²) in [6.07, 6.45) is 1.02. The number of para-hydroxylation sites is 1. The molecule has 1 aromatic heterocycles. The normalized spacial score (nSPS) is 17.5. The van der Waals surface area contributed by atoms with E-state index in [0.717, 1.165) is 17.9 Å². The molecule has 0 aliphatic carbocycles. The van der Waals surface area contributed by atoms with Crippen molar-refractivity contribution in [2.24, 2.45) is 0 Å². The molecular formula is C14H18N4O. The molecule has 0 saturated heterocycles.